The van der Waals surface area contributed by atoms with E-state index < -0.39 is 0 Å². The smallest absolute Gasteiger partial charge is 0.219 e. The predicted octanol–water partition coefficient (Wildman–Crippen LogP) is 2.71. The van der Waals surface area contributed by atoms with E-state index in [9.17, 15) is 0 Å². The molecule has 3 aromatic rings. The van der Waals surface area contributed by atoms with Crippen molar-refractivity contribution in [2.45, 2.75) is 0 Å². The monoisotopic (exact) mass is 273 g/mol. The summed E-state index contributed by atoms with van der Waals surface area (Å²) in [4.78, 5) is 4.05. The topological polar surface area (TPSA) is 76.6 Å². The lowest BCUT2D eigenvalue weighted by molar-refractivity contribution is 0.463. The minimum atomic E-state index is 0.483. The number of aromatic nitrogens is 5. The first kappa shape index (κ1) is 11.6. The van der Waals surface area contributed by atoms with Crippen LogP contribution in [-0.4, -0.2) is 25.6 Å². The van der Waals surface area contributed by atoms with Gasteiger partial charge in [0, 0.05) is 17.8 Å². The summed E-state index contributed by atoms with van der Waals surface area (Å²) in [6.45, 7) is 0. The number of nitrogens with zero attached hydrogens (tertiary/aromatic N) is 4. The molecule has 0 radical (unpaired) electrons. The highest BCUT2D eigenvalue weighted by molar-refractivity contribution is 6.30. The second-order valence-corrected chi connectivity index (χ2v) is 4.11. The van der Waals surface area contributed by atoms with Gasteiger partial charge in [0.15, 0.2) is 0 Å². The molecule has 2 aromatic heterocycles. The van der Waals surface area contributed by atoms with Crippen LogP contribution < -0.4 is 4.74 Å². The van der Waals surface area contributed by atoms with Gasteiger partial charge in [0.1, 0.15) is 5.75 Å². The zero-order chi connectivity index (χ0) is 13.1. The molecule has 0 saturated carbocycles. The van der Waals surface area contributed by atoms with Crippen LogP contribution in [0.5, 0.6) is 11.6 Å². The molecule has 1 N–H and O–H groups in total. The van der Waals surface area contributed by atoms with E-state index in [1.807, 2.05) is 24.3 Å². The van der Waals surface area contributed by atoms with E-state index in [1.54, 1.807) is 12.1 Å². The van der Waals surface area contributed by atoms with Gasteiger partial charge in [0.05, 0.1) is 5.02 Å². The summed E-state index contributed by atoms with van der Waals surface area (Å²) in [5.41, 5.74) is 0.852. The van der Waals surface area contributed by atoms with Crippen molar-refractivity contribution in [3.8, 4) is 23.0 Å². The maximum atomic E-state index is 5.75. The van der Waals surface area contributed by atoms with Crippen LogP contribution in [0.4, 0.5) is 0 Å². The second-order valence-electron chi connectivity index (χ2n) is 3.68. The standard InChI is InChI=1S/C12H8ClN5O/c13-9-3-6-11(14-7-9)19-10-4-1-8(2-5-10)12-15-17-18-16-12/h1-7H,(H,15,16,17,18). The summed E-state index contributed by atoms with van der Waals surface area (Å²) in [5, 5.41) is 14.3. The van der Waals surface area contributed by atoms with E-state index in [0.717, 1.165) is 5.56 Å². The van der Waals surface area contributed by atoms with E-state index in [4.69, 9.17) is 16.3 Å². The van der Waals surface area contributed by atoms with Crippen LogP contribution in [0.1, 0.15) is 0 Å². The Morgan fingerprint density at radius 3 is 2.53 bits per heavy atom. The molecule has 0 saturated heterocycles. The van der Waals surface area contributed by atoms with Gasteiger partial charge in [-0.1, -0.05) is 11.6 Å². The van der Waals surface area contributed by atoms with Crippen LogP contribution in [0.15, 0.2) is 42.6 Å². The van der Waals surface area contributed by atoms with Gasteiger partial charge in [-0.05, 0) is 35.5 Å². The molecule has 19 heavy (non-hydrogen) atoms. The Hall–Kier alpha value is -2.47. The van der Waals surface area contributed by atoms with Crippen LogP contribution >= 0.6 is 11.6 Å². The molecule has 0 amide bonds. The lowest BCUT2D eigenvalue weighted by Gasteiger charge is -2.04. The number of ether oxygens (including phenoxy) is 1. The molecule has 0 fully saturated rings. The number of H-pyrrole nitrogens is 1. The normalized spacial score (nSPS) is 10.4. The molecular weight excluding hydrogens is 266 g/mol. The molecule has 0 aliphatic rings. The Balaban J connectivity index is 1.77. The van der Waals surface area contributed by atoms with E-state index >= 15 is 0 Å². The van der Waals surface area contributed by atoms with Gasteiger partial charge in [-0.2, -0.15) is 5.21 Å². The van der Waals surface area contributed by atoms with Crippen LogP contribution in [0.2, 0.25) is 5.02 Å². The number of benzene rings is 1. The van der Waals surface area contributed by atoms with Gasteiger partial charge < -0.3 is 4.74 Å². The van der Waals surface area contributed by atoms with Gasteiger partial charge in [0.25, 0.3) is 0 Å². The fourth-order valence-corrected chi connectivity index (χ4v) is 1.61. The highest BCUT2D eigenvalue weighted by Gasteiger charge is 2.03. The quantitative estimate of drug-likeness (QED) is 0.794. The summed E-state index contributed by atoms with van der Waals surface area (Å²) in [7, 11) is 0. The zero-order valence-corrected chi connectivity index (χ0v) is 10.4. The molecule has 0 bridgehead atoms. The number of aromatic amines is 1. The third kappa shape index (κ3) is 2.69. The van der Waals surface area contributed by atoms with Gasteiger partial charge in [-0.25, -0.2) is 4.98 Å². The average Bonchev–Trinajstić information content (AvgIpc) is 2.96. The number of nitrogens with one attached hydrogen (secondary N) is 1. The molecule has 1 aromatic carbocycles. The Bertz CT molecular complexity index is 652. The zero-order valence-electron chi connectivity index (χ0n) is 9.62. The molecule has 3 rings (SSSR count). The number of hydrogen-bond donors (Lipinski definition) is 1. The van der Waals surface area contributed by atoms with Crippen molar-refractivity contribution < 1.29 is 4.74 Å². The fourth-order valence-electron chi connectivity index (χ4n) is 1.50. The summed E-state index contributed by atoms with van der Waals surface area (Å²) in [6.07, 6.45) is 1.53. The van der Waals surface area contributed by atoms with Gasteiger partial charge in [0.2, 0.25) is 11.7 Å². The first-order chi connectivity index (χ1) is 9.31. The maximum absolute atomic E-state index is 5.75. The Morgan fingerprint density at radius 1 is 1.05 bits per heavy atom. The third-order valence-corrected chi connectivity index (χ3v) is 2.60. The molecule has 6 nitrogen and oxygen atoms in total. The molecule has 0 atom stereocenters. The molecule has 0 aliphatic carbocycles. The first-order valence-electron chi connectivity index (χ1n) is 5.44. The minimum Gasteiger partial charge on any atom is -0.439 e. The lowest BCUT2D eigenvalue weighted by atomic mass is 10.2. The minimum absolute atomic E-state index is 0.483. The number of hydrogen-bond acceptors (Lipinski definition) is 5. The first-order valence-corrected chi connectivity index (χ1v) is 5.82. The van der Waals surface area contributed by atoms with Gasteiger partial charge in [-0.15, -0.1) is 10.2 Å². The Morgan fingerprint density at radius 2 is 1.89 bits per heavy atom. The van der Waals surface area contributed by atoms with E-state index in [2.05, 4.69) is 25.6 Å². The van der Waals surface area contributed by atoms with Crippen LogP contribution in [0.25, 0.3) is 11.4 Å². The maximum Gasteiger partial charge on any atom is 0.219 e. The largest absolute Gasteiger partial charge is 0.439 e. The molecule has 0 spiro atoms. The highest BCUT2D eigenvalue weighted by atomic mass is 35.5. The molecular formula is C12H8ClN5O. The molecule has 2 heterocycles. The van der Waals surface area contributed by atoms with E-state index in [1.165, 1.54) is 6.20 Å². The highest BCUT2D eigenvalue weighted by Crippen LogP contribution is 2.23. The van der Waals surface area contributed by atoms with Gasteiger partial charge in [-0.3, -0.25) is 0 Å². The summed E-state index contributed by atoms with van der Waals surface area (Å²) < 4.78 is 5.57. The van der Waals surface area contributed by atoms with Crippen molar-refractivity contribution in [3.05, 3.63) is 47.6 Å². The predicted molar refractivity (Wildman–Crippen MR) is 68.9 cm³/mol. The third-order valence-electron chi connectivity index (χ3n) is 2.38. The summed E-state index contributed by atoms with van der Waals surface area (Å²) >= 11 is 5.75. The molecule has 7 heteroatoms. The SMILES string of the molecule is Clc1ccc(Oc2ccc(-c3nn[nH]n3)cc2)nc1. The van der Waals surface area contributed by atoms with Crippen molar-refractivity contribution in [1.29, 1.82) is 0 Å². The molecule has 0 unspecified atom stereocenters. The number of halogens is 1. The van der Waals surface area contributed by atoms with E-state index in [-0.39, 0.29) is 0 Å². The van der Waals surface area contributed by atoms with Crippen molar-refractivity contribution >= 4 is 11.6 Å². The van der Waals surface area contributed by atoms with E-state index in [0.29, 0.717) is 22.5 Å². The van der Waals surface area contributed by atoms with Crippen molar-refractivity contribution in [1.82, 2.24) is 25.6 Å². The number of rotatable bonds is 3. The lowest BCUT2D eigenvalue weighted by Crippen LogP contribution is -1.87. The number of tetrazole rings is 1. The molecule has 0 aliphatic heterocycles. The Labute approximate surface area is 113 Å². The van der Waals surface area contributed by atoms with Crippen molar-refractivity contribution in [2.75, 3.05) is 0 Å². The number of pyridine rings is 1. The van der Waals surface area contributed by atoms with Gasteiger partial charge >= 0.3 is 0 Å². The van der Waals surface area contributed by atoms with Crippen LogP contribution in [0.3, 0.4) is 0 Å². The Kier molecular flexibility index (Phi) is 3.07. The van der Waals surface area contributed by atoms with Crippen molar-refractivity contribution in [3.63, 3.8) is 0 Å². The fraction of sp³-hybridized carbons (Fsp3) is 0. The summed E-state index contributed by atoms with van der Waals surface area (Å²) in [5.74, 6) is 1.69. The summed E-state index contributed by atoms with van der Waals surface area (Å²) in [6, 6.07) is 10.7. The van der Waals surface area contributed by atoms with Crippen LogP contribution in [0, 0.1) is 0 Å². The average molecular weight is 274 g/mol. The molecule has 94 valence electrons. The van der Waals surface area contributed by atoms with Crippen molar-refractivity contribution in [2.24, 2.45) is 0 Å². The van der Waals surface area contributed by atoms with Crippen LogP contribution in [-0.2, 0) is 0 Å². The second kappa shape index (κ2) is 5.03.